The number of furan rings is 1. The lowest BCUT2D eigenvalue weighted by atomic mass is 10.1. The molecule has 0 saturated heterocycles. The van der Waals surface area contributed by atoms with Crippen molar-refractivity contribution in [1.29, 1.82) is 0 Å². The molecule has 26 heavy (non-hydrogen) atoms. The van der Waals surface area contributed by atoms with Crippen LogP contribution >= 0.6 is 0 Å². The minimum atomic E-state index is -0.248. The molecule has 5 nitrogen and oxygen atoms in total. The van der Waals surface area contributed by atoms with Crippen molar-refractivity contribution in [2.24, 2.45) is 0 Å². The van der Waals surface area contributed by atoms with Crippen LogP contribution in [0.2, 0.25) is 0 Å². The van der Waals surface area contributed by atoms with Crippen molar-refractivity contribution in [1.82, 2.24) is 0 Å². The lowest BCUT2D eigenvalue weighted by Crippen LogP contribution is -2.16. The molecule has 0 bridgehead atoms. The van der Waals surface area contributed by atoms with Crippen molar-refractivity contribution in [3.8, 4) is 0 Å². The van der Waals surface area contributed by atoms with Gasteiger partial charge in [0.15, 0.2) is 5.76 Å². The van der Waals surface area contributed by atoms with Gasteiger partial charge in [0.25, 0.3) is 0 Å². The lowest BCUT2D eigenvalue weighted by molar-refractivity contribution is -0.107. The third-order valence-electron chi connectivity index (χ3n) is 3.84. The lowest BCUT2D eigenvalue weighted by Gasteiger charge is -2.19. The van der Waals surface area contributed by atoms with E-state index in [1.54, 1.807) is 19.2 Å². The average Bonchev–Trinajstić information content (AvgIpc) is 3.23. The van der Waals surface area contributed by atoms with E-state index < -0.39 is 0 Å². The molecule has 0 unspecified atom stereocenters. The van der Waals surface area contributed by atoms with Gasteiger partial charge in [-0.15, -0.1) is 0 Å². The molecule has 1 amide bonds. The second-order valence-corrected chi connectivity index (χ2v) is 5.62. The molecule has 1 N–H and O–H groups in total. The Kier molecular flexibility index (Phi) is 5.29. The third kappa shape index (κ3) is 3.89. The summed E-state index contributed by atoms with van der Waals surface area (Å²) < 4.78 is 5.19. The molecule has 0 fully saturated rings. The Labute approximate surface area is 151 Å². The Morgan fingerprint density at radius 2 is 1.73 bits per heavy atom. The topological polar surface area (TPSA) is 62.6 Å². The molecule has 0 spiro atoms. The van der Waals surface area contributed by atoms with Gasteiger partial charge in [0.2, 0.25) is 12.2 Å². The maximum absolute atomic E-state index is 12.5. The van der Waals surface area contributed by atoms with Crippen molar-refractivity contribution < 1.29 is 14.0 Å². The summed E-state index contributed by atoms with van der Waals surface area (Å²) in [5, 5.41) is 3.27. The van der Waals surface area contributed by atoms with Crippen LogP contribution in [-0.4, -0.2) is 19.2 Å². The largest absolute Gasteiger partial charge is 0.461 e. The summed E-state index contributed by atoms with van der Waals surface area (Å²) >= 11 is 0. The number of amides is 1. The van der Waals surface area contributed by atoms with E-state index in [1.807, 2.05) is 54.6 Å². The summed E-state index contributed by atoms with van der Waals surface area (Å²) in [5.41, 5.74) is 2.87. The number of carbonyl (C=O) groups excluding carboxylic acids is 2. The number of hydrogen-bond donors (Lipinski definition) is 1. The van der Waals surface area contributed by atoms with Gasteiger partial charge in [-0.1, -0.05) is 42.5 Å². The summed E-state index contributed by atoms with van der Waals surface area (Å²) in [6.45, 7) is 0. The Morgan fingerprint density at radius 1 is 1.00 bits per heavy atom. The summed E-state index contributed by atoms with van der Waals surface area (Å²) in [7, 11) is 1.67. The zero-order valence-corrected chi connectivity index (χ0v) is 14.3. The number of para-hydroxylation sites is 2. The van der Waals surface area contributed by atoms with E-state index in [2.05, 4.69) is 5.32 Å². The first-order valence-electron chi connectivity index (χ1n) is 8.08. The first-order chi connectivity index (χ1) is 12.7. The van der Waals surface area contributed by atoms with Gasteiger partial charge in [0.05, 0.1) is 17.6 Å². The quantitative estimate of drug-likeness (QED) is 0.395. The number of ketones is 1. The van der Waals surface area contributed by atoms with E-state index in [-0.39, 0.29) is 11.5 Å². The normalized spacial score (nSPS) is 11.0. The number of carbonyl (C=O) groups is 2. The van der Waals surface area contributed by atoms with Crippen molar-refractivity contribution >= 4 is 29.3 Å². The van der Waals surface area contributed by atoms with E-state index in [0.29, 0.717) is 17.1 Å². The van der Waals surface area contributed by atoms with Gasteiger partial charge in [-0.2, -0.15) is 0 Å². The van der Waals surface area contributed by atoms with Crippen LogP contribution in [0.5, 0.6) is 0 Å². The molecule has 1 aromatic heterocycles. The number of hydrogen-bond acceptors (Lipinski definition) is 4. The molecule has 0 aliphatic carbocycles. The minimum Gasteiger partial charge on any atom is -0.461 e. The molecule has 130 valence electrons. The highest BCUT2D eigenvalue weighted by atomic mass is 16.3. The fraction of sp³-hybridized carbons (Fsp3) is 0.0476. The van der Waals surface area contributed by atoms with Crippen LogP contribution in [0.4, 0.5) is 11.4 Å². The van der Waals surface area contributed by atoms with Gasteiger partial charge in [0.1, 0.15) is 0 Å². The van der Waals surface area contributed by atoms with E-state index in [1.165, 1.54) is 17.2 Å². The van der Waals surface area contributed by atoms with E-state index >= 15 is 0 Å². The fourth-order valence-electron chi connectivity index (χ4n) is 2.52. The number of allylic oxidation sites excluding steroid dienone is 1. The maximum atomic E-state index is 12.5. The molecule has 0 atom stereocenters. The fourth-order valence-corrected chi connectivity index (χ4v) is 2.52. The van der Waals surface area contributed by atoms with Crippen LogP contribution in [0.15, 0.2) is 83.5 Å². The Morgan fingerprint density at radius 3 is 2.42 bits per heavy atom. The van der Waals surface area contributed by atoms with E-state index in [4.69, 9.17) is 4.42 Å². The van der Waals surface area contributed by atoms with Crippen molar-refractivity contribution in [2.45, 2.75) is 0 Å². The Bertz CT molecular complexity index is 915. The summed E-state index contributed by atoms with van der Waals surface area (Å²) in [6.07, 6.45) is 3.69. The predicted octanol–water partition coefficient (Wildman–Crippen LogP) is 4.21. The number of nitrogens with zero attached hydrogens (tertiary/aromatic N) is 1. The molecule has 3 rings (SSSR count). The number of anilines is 2. The molecule has 3 aromatic rings. The van der Waals surface area contributed by atoms with Gasteiger partial charge in [-0.25, -0.2) is 0 Å². The number of nitrogens with one attached hydrogen (secondary N) is 1. The summed E-state index contributed by atoms with van der Waals surface area (Å²) in [4.78, 5) is 25.1. The highest BCUT2D eigenvalue weighted by molar-refractivity contribution is 6.08. The van der Waals surface area contributed by atoms with Crippen LogP contribution in [0, 0.1) is 0 Å². The Hall–Kier alpha value is -3.60. The van der Waals surface area contributed by atoms with Crippen LogP contribution < -0.4 is 10.2 Å². The number of rotatable bonds is 7. The van der Waals surface area contributed by atoms with Crippen LogP contribution in [0.25, 0.3) is 5.70 Å². The van der Waals surface area contributed by atoms with E-state index in [9.17, 15) is 9.59 Å². The standard InChI is InChI=1S/C21H18N2O3/c1-23(15-24)19-11-6-5-10-17(19)22-18(16-8-3-2-4-9-16)14-20(25)21-12-7-13-26-21/h2-15,22H,1H3/b18-14-. The SMILES string of the molecule is CN(C=O)c1ccccc1N/C(=C\C(=O)c1ccco1)c1ccccc1. The van der Waals surface area contributed by atoms with Crippen LogP contribution in [-0.2, 0) is 4.79 Å². The Balaban J connectivity index is 2.00. The second-order valence-electron chi connectivity index (χ2n) is 5.62. The molecule has 0 radical (unpaired) electrons. The molecule has 5 heteroatoms. The van der Waals surface area contributed by atoms with Gasteiger partial charge < -0.3 is 14.6 Å². The van der Waals surface area contributed by atoms with Gasteiger partial charge >= 0.3 is 0 Å². The molecule has 0 aliphatic heterocycles. The van der Waals surface area contributed by atoms with Crippen LogP contribution in [0.1, 0.15) is 16.1 Å². The van der Waals surface area contributed by atoms with Crippen molar-refractivity contribution in [3.63, 3.8) is 0 Å². The number of benzene rings is 2. The zero-order chi connectivity index (χ0) is 18.4. The summed E-state index contributed by atoms with van der Waals surface area (Å²) in [6, 6.07) is 20.2. The smallest absolute Gasteiger partial charge is 0.223 e. The second kappa shape index (κ2) is 7.98. The summed E-state index contributed by atoms with van der Waals surface area (Å²) in [5.74, 6) is 0.0149. The molecule has 2 aromatic carbocycles. The first-order valence-corrected chi connectivity index (χ1v) is 8.08. The third-order valence-corrected chi connectivity index (χ3v) is 3.84. The first kappa shape index (κ1) is 17.2. The van der Waals surface area contributed by atoms with Crippen molar-refractivity contribution in [3.05, 3.63) is 90.4 Å². The monoisotopic (exact) mass is 346 g/mol. The minimum absolute atomic E-state index is 0.248. The average molecular weight is 346 g/mol. The van der Waals surface area contributed by atoms with Crippen molar-refractivity contribution in [2.75, 3.05) is 17.3 Å². The van der Waals surface area contributed by atoms with Crippen LogP contribution in [0.3, 0.4) is 0 Å². The molecule has 0 aliphatic rings. The van der Waals surface area contributed by atoms with Gasteiger partial charge in [-0.05, 0) is 29.8 Å². The maximum Gasteiger partial charge on any atom is 0.223 e. The highest BCUT2D eigenvalue weighted by Crippen LogP contribution is 2.28. The highest BCUT2D eigenvalue weighted by Gasteiger charge is 2.12. The molecule has 0 saturated carbocycles. The predicted molar refractivity (Wildman–Crippen MR) is 102 cm³/mol. The zero-order valence-electron chi connectivity index (χ0n) is 14.3. The molecular formula is C21H18N2O3. The van der Waals surface area contributed by atoms with E-state index in [0.717, 1.165) is 12.0 Å². The molecule has 1 heterocycles. The van der Waals surface area contributed by atoms with Gasteiger partial charge in [-0.3, -0.25) is 9.59 Å². The molecular weight excluding hydrogens is 328 g/mol. The van der Waals surface area contributed by atoms with Gasteiger partial charge in [0, 0.05) is 18.8 Å².